The molecule has 0 atom stereocenters. The van der Waals surface area contributed by atoms with E-state index in [1.165, 1.54) is 13.2 Å². The van der Waals surface area contributed by atoms with Crippen molar-refractivity contribution in [3.63, 3.8) is 0 Å². The van der Waals surface area contributed by atoms with Crippen molar-refractivity contribution in [2.75, 3.05) is 24.4 Å². The lowest BCUT2D eigenvalue weighted by Crippen LogP contribution is -2.20. The summed E-state index contributed by atoms with van der Waals surface area (Å²) in [6.07, 6.45) is 1.49. The van der Waals surface area contributed by atoms with E-state index in [-0.39, 0.29) is 18.1 Å². The lowest BCUT2D eigenvalue weighted by Gasteiger charge is -2.10. The van der Waals surface area contributed by atoms with Gasteiger partial charge in [-0.3, -0.25) is 9.59 Å². The zero-order chi connectivity index (χ0) is 23.6. The molecule has 0 aliphatic rings. The van der Waals surface area contributed by atoms with Crippen LogP contribution in [-0.4, -0.2) is 25.5 Å². The molecule has 3 aromatic carbocycles. The maximum atomic E-state index is 12.5. The number of carbonyl (C=O) groups excluding carboxylic acids is 2. The Balaban J connectivity index is 1.59. The van der Waals surface area contributed by atoms with Crippen molar-refractivity contribution in [1.82, 2.24) is 0 Å². The van der Waals surface area contributed by atoms with Crippen molar-refractivity contribution in [1.29, 1.82) is 5.26 Å². The van der Waals surface area contributed by atoms with Gasteiger partial charge in [0.15, 0.2) is 6.61 Å². The van der Waals surface area contributed by atoms with Crippen molar-refractivity contribution in [2.24, 2.45) is 0 Å². The van der Waals surface area contributed by atoms with E-state index in [2.05, 4.69) is 10.6 Å². The van der Waals surface area contributed by atoms with E-state index in [4.69, 9.17) is 9.47 Å². The number of benzene rings is 3. The van der Waals surface area contributed by atoms with Crippen molar-refractivity contribution < 1.29 is 19.1 Å². The van der Waals surface area contributed by atoms with Gasteiger partial charge in [0, 0.05) is 5.69 Å². The highest BCUT2D eigenvalue weighted by Crippen LogP contribution is 2.23. The van der Waals surface area contributed by atoms with Crippen LogP contribution in [0, 0.1) is 18.3 Å². The lowest BCUT2D eigenvalue weighted by atomic mass is 10.1. The highest BCUT2D eigenvalue weighted by Gasteiger charge is 2.11. The number of amides is 2. The molecule has 0 saturated carbocycles. The van der Waals surface area contributed by atoms with Crippen molar-refractivity contribution in [3.05, 3.63) is 89.5 Å². The van der Waals surface area contributed by atoms with Gasteiger partial charge in [0.05, 0.1) is 12.8 Å². The Labute approximate surface area is 192 Å². The fourth-order valence-electron chi connectivity index (χ4n) is 2.96. The van der Waals surface area contributed by atoms with Crippen LogP contribution in [0.4, 0.5) is 11.4 Å². The topological polar surface area (TPSA) is 100 Å². The number of hydrogen-bond donors (Lipinski definition) is 2. The van der Waals surface area contributed by atoms with Gasteiger partial charge in [-0.1, -0.05) is 42.5 Å². The second-order valence-corrected chi connectivity index (χ2v) is 7.05. The number of aryl methyl sites for hydroxylation is 1. The third-order valence-corrected chi connectivity index (χ3v) is 4.70. The first-order valence-corrected chi connectivity index (χ1v) is 10.1. The van der Waals surface area contributed by atoms with Crippen LogP contribution in [0.25, 0.3) is 6.08 Å². The van der Waals surface area contributed by atoms with Gasteiger partial charge in [-0.2, -0.15) is 5.26 Å². The molecule has 3 aromatic rings. The molecule has 0 saturated heterocycles. The Hall–Kier alpha value is -4.57. The molecular weight excluding hydrogens is 418 g/mol. The van der Waals surface area contributed by atoms with Crippen LogP contribution in [0.5, 0.6) is 11.5 Å². The van der Waals surface area contributed by atoms with Gasteiger partial charge in [-0.25, -0.2) is 0 Å². The van der Waals surface area contributed by atoms with Gasteiger partial charge in [0.1, 0.15) is 23.1 Å². The molecule has 0 bridgehead atoms. The molecule has 0 radical (unpaired) electrons. The first kappa shape index (κ1) is 23.1. The molecule has 0 unspecified atom stereocenters. The van der Waals surface area contributed by atoms with E-state index in [1.54, 1.807) is 48.5 Å². The minimum atomic E-state index is -0.486. The third-order valence-electron chi connectivity index (χ3n) is 4.70. The monoisotopic (exact) mass is 441 g/mol. The maximum absolute atomic E-state index is 12.5. The Morgan fingerprint density at radius 2 is 1.61 bits per heavy atom. The predicted molar refractivity (Wildman–Crippen MR) is 127 cm³/mol. The highest BCUT2D eigenvalue weighted by molar-refractivity contribution is 6.09. The minimum Gasteiger partial charge on any atom is -0.495 e. The van der Waals surface area contributed by atoms with Crippen LogP contribution >= 0.6 is 0 Å². The first-order valence-electron chi connectivity index (χ1n) is 10.1. The van der Waals surface area contributed by atoms with Gasteiger partial charge >= 0.3 is 0 Å². The van der Waals surface area contributed by atoms with Crippen LogP contribution in [0.15, 0.2) is 78.4 Å². The summed E-state index contributed by atoms with van der Waals surface area (Å²) in [6.45, 7) is 1.69. The second kappa shape index (κ2) is 11.2. The zero-order valence-electron chi connectivity index (χ0n) is 18.3. The van der Waals surface area contributed by atoms with Gasteiger partial charge in [0.2, 0.25) is 0 Å². The van der Waals surface area contributed by atoms with Crippen LogP contribution in [-0.2, 0) is 9.59 Å². The number of nitriles is 1. The van der Waals surface area contributed by atoms with E-state index >= 15 is 0 Å². The molecule has 0 aliphatic carbocycles. The molecule has 2 N–H and O–H groups in total. The van der Waals surface area contributed by atoms with E-state index < -0.39 is 5.91 Å². The average Bonchev–Trinajstić information content (AvgIpc) is 2.83. The molecule has 2 amide bonds. The number of methoxy groups -OCH3 is 1. The fraction of sp³-hybridized carbons (Fsp3) is 0.115. The Bertz CT molecular complexity index is 1210. The maximum Gasteiger partial charge on any atom is 0.266 e. The van der Waals surface area contributed by atoms with Gasteiger partial charge in [-0.05, 0) is 54.5 Å². The molecule has 7 nitrogen and oxygen atoms in total. The Morgan fingerprint density at radius 1 is 0.939 bits per heavy atom. The number of anilines is 2. The molecule has 0 heterocycles. The zero-order valence-corrected chi connectivity index (χ0v) is 18.3. The fourth-order valence-corrected chi connectivity index (χ4v) is 2.96. The van der Waals surface area contributed by atoms with Crippen molar-refractivity contribution >= 4 is 29.3 Å². The molecule has 7 heteroatoms. The van der Waals surface area contributed by atoms with Crippen molar-refractivity contribution in [2.45, 2.75) is 6.92 Å². The van der Waals surface area contributed by atoms with Gasteiger partial charge < -0.3 is 20.1 Å². The average molecular weight is 441 g/mol. The number of nitrogens with zero attached hydrogens (tertiary/aromatic N) is 1. The predicted octanol–water partition coefficient (Wildman–Crippen LogP) is 4.57. The number of rotatable bonds is 8. The normalized spacial score (nSPS) is 10.6. The standard InChI is InChI=1S/C26H23N3O4/c1-18-7-3-4-8-22(18)29-26(31)20(16-27)15-19-11-13-21(14-12-19)33-17-25(30)28-23-9-5-6-10-24(23)32-2/h3-15H,17H2,1-2H3,(H,28,30)(H,29,31)/b20-15-. The Kier molecular flexibility index (Phi) is 7.81. The number of hydrogen-bond acceptors (Lipinski definition) is 5. The molecule has 0 spiro atoms. The summed E-state index contributed by atoms with van der Waals surface area (Å²) < 4.78 is 10.7. The quantitative estimate of drug-likeness (QED) is 0.394. The summed E-state index contributed by atoms with van der Waals surface area (Å²) in [7, 11) is 1.53. The largest absolute Gasteiger partial charge is 0.495 e. The van der Waals surface area contributed by atoms with Crippen LogP contribution < -0.4 is 20.1 Å². The van der Waals surface area contributed by atoms with Gasteiger partial charge in [0.25, 0.3) is 11.8 Å². The first-order chi connectivity index (χ1) is 16.0. The van der Waals surface area contributed by atoms with E-state index in [9.17, 15) is 14.9 Å². The summed E-state index contributed by atoms with van der Waals surface area (Å²) in [4.78, 5) is 24.6. The van der Waals surface area contributed by atoms with E-state index in [1.807, 2.05) is 37.3 Å². The van der Waals surface area contributed by atoms with Crippen LogP contribution in [0.1, 0.15) is 11.1 Å². The van der Waals surface area contributed by atoms with E-state index in [0.717, 1.165) is 5.56 Å². The molecular formula is C26H23N3O4. The molecule has 0 aliphatic heterocycles. The molecule has 166 valence electrons. The molecule has 0 aromatic heterocycles. The highest BCUT2D eigenvalue weighted by atomic mass is 16.5. The molecule has 3 rings (SSSR count). The Morgan fingerprint density at radius 3 is 2.27 bits per heavy atom. The van der Waals surface area contributed by atoms with Crippen LogP contribution in [0.3, 0.4) is 0 Å². The number of nitrogens with one attached hydrogen (secondary N) is 2. The smallest absolute Gasteiger partial charge is 0.266 e. The van der Waals surface area contributed by atoms with Gasteiger partial charge in [-0.15, -0.1) is 0 Å². The number of carbonyl (C=O) groups is 2. The van der Waals surface area contributed by atoms with Crippen molar-refractivity contribution in [3.8, 4) is 17.6 Å². The third kappa shape index (κ3) is 6.45. The number of para-hydroxylation sites is 3. The number of ether oxygens (including phenoxy) is 2. The lowest BCUT2D eigenvalue weighted by molar-refractivity contribution is -0.118. The summed E-state index contributed by atoms with van der Waals surface area (Å²) >= 11 is 0. The van der Waals surface area contributed by atoms with E-state index in [0.29, 0.717) is 28.4 Å². The second-order valence-electron chi connectivity index (χ2n) is 7.05. The summed E-state index contributed by atoms with van der Waals surface area (Å²) in [5.74, 6) is 0.218. The molecule has 33 heavy (non-hydrogen) atoms. The summed E-state index contributed by atoms with van der Waals surface area (Å²) in [5.41, 5.74) is 2.74. The SMILES string of the molecule is COc1ccccc1NC(=O)COc1ccc(/C=C(/C#N)C(=O)Nc2ccccc2C)cc1. The van der Waals surface area contributed by atoms with Crippen LogP contribution in [0.2, 0.25) is 0 Å². The summed E-state index contributed by atoms with van der Waals surface area (Å²) in [5, 5.41) is 14.9. The molecule has 0 fully saturated rings. The minimum absolute atomic E-state index is 0.0249. The summed E-state index contributed by atoms with van der Waals surface area (Å²) in [6, 6.07) is 23.1.